The van der Waals surface area contributed by atoms with E-state index in [1.54, 1.807) is 19.1 Å². The van der Waals surface area contributed by atoms with Crippen molar-refractivity contribution in [2.24, 2.45) is 5.92 Å². The van der Waals surface area contributed by atoms with Gasteiger partial charge in [-0.3, -0.25) is 9.59 Å². The maximum atomic E-state index is 12.4. The van der Waals surface area contributed by atoms with Gasteiger partial charge in [0, 0.05) is 5.56 Å². The first kappa shape index (κ1) is 14.4. The summed E-state index contributed by atoms with van der Waals surface area (Å²) in [6.45, 7) is 5.71. The predicted octanol–water partition coefficient (Wildman–Crippen LogP) is 2.30. The summed E-state index contributed by atoms with van der Waals surface area (Å²) in [5.74, 6) is -2.86. The Morgan fingerprint density at radius 1 is 1.30 bits per heavy atom. The van der Waals surface area contributed by atoms with Crippen molar-refractivity contribution >= 4 is 17.5 Å². The number of rotatable bonds is 3. The molecule has 0 aromatic heterocycles. The number of esters is 1. The summed E-state index contributed by atoms with van der Waals surface area (Å²) in [4.78, 5) is 36.1. The lowest BCUT2D eigenvalue weighted by molar-refractivity contribution is -0.155. The summed E-state index contributed by atoms with van der Waals surface area (Å²) in [5, 5.41) is 0. The first-order chi connectivity index (χ1) is 9.38. The summed E-state index contributed by atoms with van der Waals surface area (Å²) in [7, 11) is 0. The Balaban J connectivity index is 2.39. The molecule has 0 spiro atoms. The van der Waals surface area contributed by atoms with Crippen LogP contribution in [0, 0.1) is 5.92 Å². The molecule has 4 nitrogen and oxygen atoms in total. The Morgan fingerprint density at radius 3 is 2.60 bits per heavy atom. The smallest absolute Gasteiger partial charge is 0.375 e. The molecular formula is C16H18O4. The van der Waals surface area contributed by atoms with Crippen LogP contribution in [0.5, 0.6) is 0 Å². The zero-order valence-corrected chi connectivity index (χ0v) is 11.9. The van der Waals surface area contributed by atoms with Gasteiger partial charge in [-0.15, -0.1) is 0 Å². The van der Waals surface area contributed by atoms with Crippen molar-refractivity contribution in [1.82, 2.24) is 0 Å². The molecule has 0 radical (unpaired) electrons. The molecule has 1 aromatic carbocycles. The van der Waals surface area contributed by atoms with Crippen molar-refractivity contribution in [3.63, 3.8) is 0 Å². The number of hydrogen-bond donors (Lipinski definition) is 0. The van der Waals surface area contributed by atoms with Gasteiger partial charge in [0.05, 0.1) is 12.5 Å². The van der Waals surface area contributed by atoms with E-state index in [9.17, 15) is 14.4 Å². The Hall–Kier alpha value is -1.97. The van der Waals surface area contributed by atoms with Crippen LogP contribution in [-0.4, -0.2) is 24.1 Å². The zero-order valence-electron chi connectivity index (χ0n) is 11.9. The highest BCUT2D eigenvalue weighted by atomic mass is 16.5. The summed E-state index contributed by atoms with van der Waals surface area (Å²) in [6, 6.07) is 7.26. The van der Waals surface area contributed by atoms with Crippen LogP contribution in [0.1, 0.15) is 43.1 Å². The maximum Gasteiger partial charge on any atom is 0.375 e. The number of benzene rings is 1. The van der Waals surface area contributed by atoms with Crippen molar-refractivity contribution in [2.75, 3.05) is 6.61 Å². The van der Waals surface area contributed by atoms with E-state index >= 15 is 0 Å². The molecule has 0 N–H and O–H groups in total. The molecule has 1 aliphatic carbocycles. The molecule has 1 atom stereocenters. The van der Waals surface area contributed by atoms with Gasteiger partial charge < -0.3 is 4.74 Å². The predicted molar refractivity (Wildman–Crippen MR) is 73.5 cm³/mol. The van der Waals surface area contributed by atoms with Crippen molar-refractivity contribution in [3.8, 4) is 0 Å². The lowest BCUT2D eigenvalue weighted by Gasteiger charge is -2.35. The van der Waals surface area contributed by atoms with Gasteiger partial charge in [-0.2, -0.15) is 0 Å². The van der Waals surface area contributed by atoms with E-state index in [-0.39, 0.29) is 17.8 Å². The van der Waals surface area contributed by atoms with E-state index in [2.05, 4.69) is 0 Å². The molecular weight excluding hydrogens is 256 g/mol. The second kappa shape index (κ2) is 5.19. The van der Waals surface area contributed by atoms with E-state index in [0.717, 1.165) is 5.56 Å². The monoisotopic (exact) mass is 274 g/mol. The normalized spacial score (nSPS) is 20.1. The number of ether oxygens (including phenoxy) is 1. The SMILES string of the molecule is CCOC(=O)C(=O)C1CC(C)(C)c2ccccc2C1=O. The molecule has 20 heavy (non-hydrogen) atoms. The molecule has 0 heterocycles. The van der Waals surface area contributed by atoms with Crippen LogP contribution >= 0.6 is 0 Å². The van der Waals surface area contributed by atoms with Gasteiger partial charge in [0.1, 0.15) is 0 Å². The lowest BCUT2D eigenvalue weighted by atomic mass is 9.67. The van der Waals surface area contributed by atoms with E-state index in [1.165, 1.54) is 0 Å². The number of hydrogen-bond acceptors (Lipinski definition) is 4. The highest BCUT2D eigenvalue weighted by Gasteiger charge is 2.43. The van der Waals surface area contributed by atoms with E-state index < -0.39 is 17.7 Å². The fraction of sp³-hybridized carbons (Fsp3) is 0.438. The van der Waals surface area contributed by atoms with Crippen molar-refractivity contribution in [1.29, 1.82) is 0 Å². The van der Waals surface area contributed by atoms with Crippen molar-refractivity contribution in [3.05, 3.63) is 35.4 Å². The van der Waals surface area contributed by atoms with Gasteiger partial charge in [-0.25, -0.2) is 4.79 Å². The van der Waals surface area contributed by atoms with Gasteiger partial charge >= 0.3 is 5.97 Å². The highest BCUT2D eigenvalue weighted by Crippen LogP contribution is 2.39. The van der Waals surface area contributed by atoms with Gasteiger partial charge in [0.15, 0.2) is 5.78 Å². The minimum absolute atomic E-state index is 0.130. The standard InChI is InChI=1S/C16H18O4/c1-4-20-15(19)14(18)11-9-16(2,3)12-8-6-5-7-10(12)13(11)17/h5-8,11H,4,9H2,1-3H3. The minimum atomic E-state index is -0.932. The third-order valence-electron chi connectivity index (χ3n) is 3.75. The van der Waals surface area contributed by atoms with E-state index in [0.29, 0.717) is 12.0 Å². The van der Waals surface area contributed by atoms with Crippen LogP contribution in [0.2, 0.25) is 0 Å². The number of fused-ring (bicyclic) bond motifs is 1. The largest absolute Gasteiger partial charge is 0.460 e. The third-order valence-corrected chi connectivity index (χ3v) is 3.75. The molecule has 4 heteroatoms. The van der Waals surface area contributed by atoms with Crippen LogP contribution in [0.25, 0.3) is 0 Å². The van der Waals surface area contributed by atoms with E-state index in [1.807, 2.05) is 26.0 Å². The van der Waals surface area contributed by atoms with Crippen LogP contribution in [0.15, 0.2) is 24.3 Å². The molecule has 0 fully saturated rings. The first-order valence-electron chi connectivity index (χ1n) is 6.73. The minimum Gasteiger partial charge on any atom is -0.460 e. The van der Waals surface area contributed by atoms with Gasteiger partial charge in [0.25, 0.3) is 5.78 Å². The zero-order chi connectivity index (χ0) is 14.9. The molecule has 2 rings (SSSR count). The summed E-state index contributed by atoms with van der Waals surface area (Å²) in [5.41, 5.74) is 1.14. The molecule has 1 aliphatic rings. The Labute approximate surface area is 118 Å². The van der Waals surface area contributed by atoms with Crippen LogP contribution < -0.4 is 0 Å². The van der Waals surface area contributed by atoms with Crippen molar-refractivity contribution < 1.29 is 19.1 Å². The molecule has 0 aliphatic heterocycles. The fourth-order valence-corrected chi connectivity index (χ4v) is 2.75. The average Bonchev–Trinajstić information content (AvgIpc) is 2.42. The van der Waals surface area contributed by atoms with Crippen LogP contribution in [0.4, 0.5) is 0 Å². The van der Waals surface area contributed by atoms with Crippen molar-refractivity contribution in [2.45, 2.75) is 32.6 Å². The quantitative estimate of drug-likeness (QED) is 0.482. The molecule has 106 valence electrons. The summed E-state index contributed by atoms with van der Waals surface area (Å²) < 4.78 is 4.72. The second-order valence-electron chi connectivity index (χ2n) is 5.64. The number of carbonyl (C=O) groups excluding carboxylic acids is 3. The molecule has 1 unspecified atom stereocenters. The average molecular weight is 274 g/mol. The van der Waals surface area contributed by atoms with Gasteiger partial charge in [-0.05, 0) is 24.3 Å². The number of ketones is 2. The topological polar surface area (TPSA) is 60.4 Å². The maximum absolute atomic E-state index is 12.4. The number of carbonyl (C=O) groups is 3. The highest BCUT2D eigenvalue weighted by molar-refractivity contribution is 6.39. The Morgan fingerprint density at radius 2 is 1.95 bits per heavy atom. The molecule has 0 amide bonds. The third kappa shape index (κ3) is 2.38. The summed E-state index contributed by atoms with van der Waals surface area (Å²) >= 11 is 0. The van der Waals surface area contributed by atoms with Gasteiger partial charge in [0.2, 0.25) is 0 Å². The Bertz CT molecular complexity index is 572. The molecule has 0 saturated heterocycles. The fourth-order valence-electron chi connectivity index (χ4n) is 2.75. The second-order valence-corrected chi connectivity index (χ2v) is 5.64. The number of Topliss-reactive ketones (excluding diaryl/α,β-unsaturated/α-hetero) is 2. The molecule has 1 aromatic rings. The summed E-state index contributed by atoms with van der Waals surface area (Å²) in [6.07, 6.45) is 0.334. The molecule has 0 saturated carbocycles. The lowest BCUT2D eigenvalue weighted by Crippen LogP contribution is -2.41. The van der Waals surface area contributed by atoms with Crippen LogP contribution in [-0.2, 0) is 19.7 Å². The van der Waals surface area contributed by atoms with E-state index in [4.69, 9.17) is 4.74 Å². The molecule has 0 bridgehead atoms. The Kier molecular flexibility index (Phi) is 3.75. The first-order valence-corrected chi connectivity index (χ1v) is 6.73. The van der Waals surface area contributed by atoms with Gasteiger partial charge in [-0.1, -0.05) is 38.1 Å². The van der Waals surface area contributed by atoms with Crippen LogP contribution in [0.3, 0.4) is 0 Å².